The molecule has 0 aromatic heterocycles. The highest BCUT2D eigenvalue weighted by molar-refractivity contribution is 14.1. The summed E-state index contributed by atoms with van der Waals surface area (Å²) in [5.74, 6) is -1.13. The Balaban J connectivity index is 2.24. The summed E-state index contributed by atoms with van der Waals surface area (Å²) < 4.78 is 1.01. The van der Waals surface area contributed by atoms with Gasteiger partial charge in [0.15, 0.2) is 0 Å². The molecular formula is C17H11ClINO3. The van der Waals surface area contributed by atoms with Crippen molar-refractivity contribution in [3.63, 3.8) is 0 Å². The number of anilines is 1. The molecule has 0 fully saturated rings. The summed E-state index contributed by atoms with van der Waals surface area (Å²) in [5, 5.41) is 11.0. The van der Waals surface area contributed by atoms with E-state index in [-0.39, 0.29) is 11.3 Å². The van der Waals surface area contributed by atoms with Crippen LogP contribution in [0.2, 0.25) is 5.02 Å². The minimum absolute atomic E-state index is 0.105. The summed E-state index contributed by atoms with van der Waals surface area (Å²) in [7, 11) is 0. The lowest BCUT2D eigenvalue weighted by Gasteiger charge is -2.12. The smallest absolute Gasteiger partial charge is 0.269 e. The van der Waals surface area contributed by atoms with E-state index in [4.69, 9.17) is 11.6 Å². The van der Waals surface area contributed by atoms with Gasteiger partial charge in [0.25, 0.3) is 5.91 Å². The van der Waals surface area contributed by atoms with E-state index in [9.17, 15) is 14.7 Å². The van der Waals surface area contributed by atoms with Crippen LogP contribution in [0.5, 0.6) is 0 Å². The molecule has 1 N–H and O–H groups in total. The zero-order chi connectivity index (χ0) is 16.7. The van der Waals surface area contributed by atoms with Crippen LogP contribution in [0.25, 0.3) is 11.3 Å². The maximum Gasteiger partial charge on any atom is 0.269 e. The molecule has 0 unspecified atom stereocenters. The number of aliphatic hydroxyl groups is 1. The zero-order valence-electron chi connectivity index (χ0n) is 12.0. The molecule has 4 nitrogen and oxygen atoms in total. The predicted octanol–water partition coefficient (Wildman–Crippen LogP) is 4.26. The third-order valence-electron chi connectivity index (χ3n) is 3.56. The molecule has 3 rings (SSSR count). The Kier molecular flexibility index (Phi) is 4.16. The van der Waals surface area contributed by atoms with Gasteiger partial charge in [0.2, 0.25) is 5.91 Å². The van der Waals surface area contributed by atoms with Crippen molar-refractivity contribution in [3.05, 3.63) is 62.2 Å². The van der Waals surface area contributed by atoms with E-state index in [1.54, 1.807) is 30.3 Å². The third kappa shape index (κ3) is 2.74. The van der Waals surface area contributed by atoms with Crippen LogP contribution >= 0.6 is 34.2 Å². The lowest BCUT2D eigenvalue weighted by Crippen LogP contribution is -2.31. The molecule has 0 saturated heterocycles. The second kappa shape index (κ2) is 5.98. The van der Waals surface area contributed by atoms with E-state index in [1.807, 2.05) is 12.1 Å². The van der Waals surface area contributed by atoms with Gasteiger partial charge in [-0.15, -0.1) is 0 Å². The van der Waals surface area contributed by atoms with Crippen molar-refractivity contribution in [1.29, 1.82) is 0 Å². The summed E-state index contributed by atoms with van der Waals surface area (Å²) in [6, 6.07) is 11.9. The number of carbonyl (C=O) groups excluding carboxylic acids is 2. The molecule has 116 valence electrons. The molecular weight excluding hydrogens is 429 g/mol. The lowest BCUT2D eigenvalue weighted by atomic mass is 10.0. The molecule has 1 aliphatic heterocycles. The molecule has 0 atom stereocenters. The van der Waals surface area contributed by atoms with Crippen molar-refractivity contribution in [2.24, 2.45) is 0 Å². The Morgan fingerprint density at radius 3 is 2.43 bits per heavy atom. The second-order valence-electron chi connectivity index (χ2n) is 5.05. The number of benzene rings is 2. The maximum atomic E-state index is 12.6. The molecule has 0 radical (unpaired) electrons. The topological polar surface area (TPSA) is 57.6 Å². The van der Waals surface area contributed by atoms with Crippen LogP contribution in [0.4, 0.5) is 5.69 Å². The first kappa shape index (κ1) is 16.0. The second-order valence-corrected chi connectivity index (χ2v) is 6.73. The fraction of sp³-hybridized carbons (Fsp3) is 0.0588. The number of imide groups is 1. The molecule has 0 saturated carbocycles. The largest absolute Gasteiger partial charge is 0.506 e. The fourth-order valence-electron chi connectivity index (χ4n) is 2.53. The first-order chi connectivity index (χ1) is 10.9. The summed E-state index contributed by atoms with van der Waals surface area (Å²) in [6.07, 6.45) is 0. The van der Waals surface area contributed by atoms with Gasteiger partial charge in [0, 0.05) is 26.6 Å². The lowest BCUT2D eigenvalue weighted by molar-refractivity contribution is -0.122. The molecule has 0 aliphatic carbocycles. The van der Waals surface area contributed by atoms with Gasteiger partial charge in [0.1, 0.15) is 5.76 Å². The Labute approximate surface area is 151 Å². The van der Waals surface area contributed by atoms with Crippen LogP contribution in [0, 0.1) is 3.57 Å². The normalized spacial score (nSPS) is 15.6. The van der Waals surface area contributed by atoms with E-state index >= 15 is 0 Å². The summed E-state index contributed by atoms with van der Waals surface area (Å²) in [6.45, 7) is 1.30. The Morgan fingerprint density at radius 2 is 1.83 bits per heavy atom. The van der Waals surface area contributed by atoms with E-state index in [0.717, 1.165) is 8.47 Å². The number of hydrogen-bond acceptors (Lipinski definition) is 3. The van der Waals surface area contributed by atoms with Gasteiger partial charge in [-0.3, -0.25) is 9.59 Å². The SMILES string of the molecule is CC(=O)N1C(=O)C(=C(O)c2ccc(I)cc2)c2ccc(Cl)cc21. The van der Waals surface area contributed by atoms with Gasteiger partial charge in [-0.05, 0) is 46.9 Å². The van der Waals surface area contributed by atoms with Crippen LogP contribution in [0.15, 0.2) is 42.5 Å². The Morgan fingerprint density at radius 1 is 1.17 bits per heavy atom. The number of carbonyl (C=O) groups is 2. The highest BCUT2D eigenvalue weighted by Gasteiger charge is 2.37. The highest BCUT2D eigenvalue weighted by atomic mass is 127. The molecule has 1 heterocycles. The molecule has 1 aliphatic rings. The predicted molar refractivity (Wildman–Crippen MR) is 98.2 cm³/mol. The quantitative estimate of drug-likeness (QED) is 0.410. The number of hydrogen-bond donors (Lipinski definition) is 1. The fourth-order valence-corrected chi connectivity index (χ4v) is 3.06. The Hall–Kier alpha value is -1.86. The van der Waals surface area contributed by atoms with Gasteiger partial charge < -0.3 is 5.11 Å². The van der Waals surface area contributed by atoms with Gasteiger partial charge >= 0.3 is 0 Å². The monoisotopic (exact) mass is 439 g/mol. The number of amides is 2. The summed E-state index contributed by atoms with van der Waals surface area (Å²) in [4.78, 5) is 25.5. The molecule has 2 aromatic rings. The molecule has 2 aromatic carbocycles. The van der Waals surface area contributed by atoms with Gasteiger partial charge in [-0.1, -0.05) is 29.8 Å². The van der Waals surface area contributed by atoms with Gasteiger partial charge in [-0.2, -0.15) is 0 Å². The molecule has 0 bridgehead atoms. The van der Waals surface area contributed by atoms with Gasteiger partial charge in [-0.25, -0.2) is 4.90 Å². The number of nitrogens with zero attached hydrogens (tertiary/aromatic N) is 1. The van der Waals surface area contributed by atoms with Crippen LogP contribution in [0.3, 0.4) is 0 Å². The first-order valence-electron chi connectivity index (χ1n) is 6.74. The van der Waals surface area contributed by atoms with Crippen LogP contribution in [-0.2, 0) is 9.59 Å². The average Bonchev–Trinajstić information content (AvgIpc) is 2.78. The van der Waals surface area contributed by atoms with Crippen molar-refractivity contribution < 1.29 is 14.7 Å². The van der Waals surface area contributed by atoms with Gasteiger partial charge in [0.05, 0.1) is 11.3 Å². The first-order valence-corrected chi connectivity index (χ1v) is 8.20. The minimum Gasteiger partial charge on any atom is -0.506 e. The highest BCUT2D eigenvalue weighted by Crippen LogP contribution is 2.41. The third-order valence-corrected chi connectivity index (χ3v) is 4.51. The van der Waals surface area contributed by atoms with Crippen LogP contribution < -0.4 is 4.90 Å². The number of halogens is 2. The van der Waals surface area contributed by atoms with E-state index < -0.39 is 11.8 Å². The van der Waals surface area contributed by atoms with Crippen molar-refractivity contribution in [1.82, 2.24) is 0 Å². The van der Waals surface area contributed by atoms with Crippen molar-refractivity contribution in [2.45, 2.75) is 6.92 Å². The van der Waals surface area contributed by atoms with E-state index in [0.29, 0.717) is 21.8 Å². The Bertz CT molecular complexity index is 859. The molecule has 23 heavy (non-hydrogen) atoms. The minimum atomic E-state index is -0.550. The molecule has 6 heteroatoms. The van der Waals surface area contributed by atoms with Crippen LogP contribution in [-0.4, -0.2) is 16.9 Å². The molecule has 0 spiro atoms. The summed E-state index contributed by atoms with van der Waals surface area (Å²) in [5.41, 5.74) is 1.50. The summed E-state index contributed by atoms with van der Waals surface area (Å²) >= 11 is 8.13. The number of aliphatic hydroxyl groups excluding tert-OH is 1. The standard InChI is InChI=1S/C17H11ClINO3/c1-9(21)20-14-8-11(18)4-7-13(14)15(17(20)23)16(22)10-2-5-12(19)6-3-10/h2-8,22H,1H3. The zero-order valence-corrected chi connectivity index (χ0v) is 14.9. The average molecular weight is 440 g/mol. The van der Waals surface area contributed by atoms with Crippen LogP contribution in [0.1, 0.15) is 18.1 Å². The number of fused-ring (bicyclic) bond motifs is 1. The number of rotatable bonds is 1. The maximum absolute atomic E-state index is 12.6. The van der Waals surface area contributed by atoms with E-state index in [2.05, 4.69) is 22.6 Å². The van der Waals surface area contributed by atoms with Crippen molar-refractivity contribution in [2.75, 3.05) is 4.90 Å². The van der Waals surface area contributed by atoms with E-state index in [1.165, 1.54) is 6.92 Å². The van der Waals surface area contributed by atoms with Crippen molar-refractivity contribution >= 4 is 63.0 Å². The van der Waals surface area contributed by atoms with Crippen molar-refractivity contribution in [3.8, 4) is 0 Å². The molecule has 2 amide bonds.